The smallest absolute Gasteiger partial charge is 0.337 e. The van der Waals surface area contributed by atoms with Gasteiger partial charge in [-0.3, -0.25) is 4.98 Å². The molecule has 0 aliphatic heterocycles. The van der Waals surface area contributed by atoms with Crippen LogP contribution < -0.4 is 0 Å². The highest BCUT2D eigenvalue weighted by Gasteiger charge is 2.18. The predicted molar refractivity (Wildman–Crippen MR) is 83.2 cm³/mol. The topological polar surface area (TPSA) is 50.2 Å². The Morgan fingerprint density at radius 2 is 2.00 bits per heavy atom. The number of aryl methyl sites for hydroxylation is 1. The number of hydrogen-bond acceptors (Lipinski definition) is 2. The molecule has 0 radical (unpaired) electrons. The zero-order valence-electron chi connectivity index (χ0n) is 11.6. The lowest BCUT2D eigenvalue weighted by Gasteiger charge is -2.14. The minimum absolute atomic E-state index is 0.0626. The maximum absolute atomic E-state index is 11.3. The van der Waals surface area contributed by atoms with Gasteiger partial charge in [-0.1, -0.05) is 41.9 Å². The lowest BCUT2D eigenvalue weighted by Crippen LogP contribution is -2.08. The number of carboxylic acids is 1. The Kier molecular flexibility index (Phi) is 4.23. The summed E-state index contributed by atoms with van der Waals surface area (Å²) in [5.74, 6) is -0.863. The van der Waals surface area contributed by atoms with Gasteiger partial charge in [-0.15, -0.1) is 0 Å². The third-order valence-corrected chi connectivity index (χ3v) is 3.61. The Hall–Kier alpha value is -1.68. The van der Waals surface area contributed by atoms with Gasteiger partial charge in [0.1, 0.15) is 0 Å². The molecule has 0 unspecified atom stereocenters. The molecule has 1 heterocycles. The number of pyridine rings is 1. The standard InChI is InChI=1S/C16H16BrNO2/c1-9(2)14-13(16(19)20)7-10(3)15(18-14)11-5-4-6-12(17)8-11/h4-9H,1-3H3,(H,19,20). The van der Waals surface area contributed by atoms with Crippen LogP contribution in [0, 0.1) is 6.92 Å². The Morgan fingerprint density at radius 3 is 2.55 bits per heavy atom. The van der Waals surface area contributed by atoms with Gasteiger partial charge in [0.05, 0.1) is 17.0 Å². The number of carbonyl (C=O) groups is 1. The summed E-state index contributed by atoms with van der Waals surface area (Å²) in [6, 6.07) is 9.57. The van der Waals surface area contributed by atoms with Crippen molar-refractivity contribution in [1.29, 1.82) is 0 Å². The fourth-order valence-electron chi connectivity index (χ4n) is 2.17. The second kappa shape index (κ2) is 5.75. The number of nitrogens with zero attached hydrogens (tertiary/aromatic N) is 1. The molecule has 0 aliphatic rings. The van der Waals surface area contributed by atoms with E-state index >= 15 is 0 Å². The van der Waals surface area contributed by atoms with Crippen molar-refractivity contribution in [2.45, 2.75) is 26.7 Å². The van der Waals surface area contributed by atoms with Gasteiger partial charge in [0.2, 0.25) is 0 Å². The van der Waals surface area contributed by atoms with Crippen LogP contribution in [0.3, 0.4) is 0 Å². The van der Waals surface area contributed by atoms with E-state index in [9.17, 15) is 9.90 Å². The normalized spacial score (nSPS) is 10.8. The first-order valence-corrected chi connectivity index (χ1v) is 7.20. The van der Waals surface area contributed by atoms with Gasteiger partial charge in [-0.25, -0.2) is 4.79 Å². The summed E-state index contributed by atoms with van der Waals surface area (Å²) in [6.45, 7) is 5.80. The summed E-state index contributed by atoms with van der Waals surface area (Å²) in [4.78, 5) is 15.9. The van der Waals surface area contributed by atoms with Crippen molar-refractivity contribution >= 4 is 21.9 Å². The summed E-state index contributed by atoms with van der Waals surface area (Å²) in [7, 11) is 0. The molecule has 1 N–H and O–H groups in total. The Balaban J connectivity index is 2.66. The van der Waals surface area contributed by atoms with Gasteiger partial charge in [-0.2, -0.15) is 0 Å². The molecule has 1 aromatic carbocycles. The van der Waals surface area contributed by atoms with Gasteiger partial charge in [0, 0.05) is 10.0 Å². The Bertz CT molecular complexity index is 666. The van der Waals surface area contributed by atoms with Crippen molar-refractivity contribution in [3.63, 3.8) is 0 Å². The van der Waals surface area contributed by atoms with Crippen LogP contribution in [-0.4, -0.2) is 16.1 Å². The summed E-state index contributed by atoms with van der Waals surface area (Å²) in [5, 5.41) is 9.30. The molecule has 2 aromatic rings. The van der Waals surface area contributed by atoms with E-state index < -0.39 is 5.97 Å². The number of rotatable bonds is 3. The summed E-state index contributed by atoms with van der Waals surface area (Å²) < 4.78 is 0.976. The quantitative estimate of drug-likeness (QED) is 0.889. The van der Waals surface area contributed by atoms with Crippen molar-refractivity contribution in [1.82, 2.24) is 4.98 Å². The van der Waals surface area contributed by atoms with Gasteiger partial charge in [-0.05, 0) is 36.6 Å². The highest BCUT2D eigenvalue weighted by atomic mass is 79.9. The number of hydrogen-bond donors (Lipinski definition) is 1. The molecule has 3 nitrogen and oxygen atoms in total. The summed E-state index contributed by atoms with van der Waals surface area (Å²) in [6.07, 6.45) is 0. The van der Waals surface area contributed by atoms with E-state index in [0.29, 0.717) is 5.69 Å². The molecule has 20 heavy (non-hydrogen) atoms. The monoisotopic (exact) mass is 333 g/mol. The average Bonchev–Trinajstić information content (AvgIpc) is 2.37. The van der Waals surface area contributed by atoms with Gasteiger partial charge >= 0.3 is 5.97 Å². The largest absolute Gasteiger partial charge is 0.478 e. The van der Waals surface area contributed by atoms with Gasteiger partial charge in [0.15, 0.2) is 0 Å². The van der Waals surface area contributed by atoms with E-state index in [0.717, 1.165) is 21.3 Å². The molecule has 104 valence electrons. The molecule has 0 bridgehead atoms. The van der Waals surface area contributed by atoms with Crippen LogP contribution in [0.1, 0.15) is 41.4 Å². The first kappa shape index (κ1) is 14.7. The fraction of sp³-hybridized carbons (Fsp3) is 0.250. The maximum Gasteiger partial charge on any atom is 0.337 e. The highest BCUT2D eigenvalue weighted by Crippen LogP contribution is 2.28. The second-order valence-corrected chi connectivity index (χ2v) is 5.97. The zero-order valence-corrected chi connectivity index (χ0v) is 13.2. The first-order chi connectivity index (χ1) is 9.40. The maximum atomic E-state index is 11.3. The van der Waals surface area contributed by atoms with E-state index in [1.54, 1.807) is 6.07 Å². The molecule has 1 aromatic heterocycles. The van der Waals surface area contributed by atoms with Crippen molar-refractivity contribution in [3.05, 3.63) is 51.6 Å². The van der Waals surface area contributed by atoms with E-state index in [2.05, 4.69) is 20.9 Å². The number of benzene rings is 1. The molecule has 0 fully saturated rings. The second-order valence-electron chi connectivity index (χ2n) is 5.06. The van der Waals surface area contributed by atoms with Crippen LogP contribution in [0.5, 0.6) is 0 Å². The molecule has 2 rings (SSSR count). The first-order valence-electron chi connectivity index (χ1n) is 6.41. The number of carboxylic acid groups (broad SMARTS) is 1. The molecule has 4 heteroatoms. The van der Waals surface area contributed by atoms with E-state index in [4.69, 9.17) is 0 Å². The molecule has 0 atom stereocenters. The third kappa shape index (κ3) is 2.90. The molecule has 0 spiro atoms. The van der Waals surface area contributed by atoms with Crippen molar-refractivity contribution in [2.24, 2.45) is 0 Å². The van der Waals surface area contributed by atoms with Crippen LogP contribution >= 0.6 is 15.9 Å². The minimum atomic E-state index is -0.926. The van der Waals surface area contributed by atoms with Crippen molar-refractivity contribution in [2.75, 3.05) is 0 Å². The van der Waals surface area contributed by atoms with E-state index in [-0.39, 0.29) is 11.5 Å². The van der Waals surface area contributed by atoms with Gasteiger partial charge < -0.3 is 5.11 Å². The van der Waals surface area contributed by atoms with Crippen molar-refractivity contribution in [3.8, 4) is 11.3 Å². The average molecular weight is 334 g/mol. The third-order valence-electron chi connectivity index (χ3n) is 3.12. The van der Waals surface area contributed by atoms with Crippen LogP contribution in [-0.2, 0) is 0 Å². The zero-order chi connectivity index (χ0) is 14.9. The van der Waals surface area contributed by atoms with Gasteiger partial charge in [0.25, 0.3) is 0 Å². The fourth-order valence-corrected chi connectivity index (χ4v) is 2.57. The summed E-state index contributed by atoms with van der Waals surface area (Å²) >= 11 is 3.45. The molecule has 0 aliphatic carbocycles. The van der Waals surface area contributed by atoms with Crippen LogP contribution in [0.2, 0.25) is 0 Å². The van der Waals surface area contributed by atoms with Crippen LogP contribution in [0.15, 0.2) is 34.8 Å². The minimum Gasteiger partial charge on any atom is -0.478 e. The Labute approximate surface area is 126 Å². The van der Waals surface area contributed by atoms with E-state index in [1.165, 1.54) is 0 Å². The molecular formula is C16H16BrNO2. The van der Waals surface area contributed by atoms with E-state index in [1.807, 2.05) is 45.0 Å². The number of aromatic nitrogens is 1. The number of halogens is 1. The molecule has 0 saturated carbocycles. The Morgan fingerprint density at radius 1 is 1.30 bits per heavy atom. The SMILES string of the molecule is Cc1cc(C(=O)O)c(C(C)C)nc1-c1cccc(Br)c1. The van der Waals surface area contributed by atoms with Crippen LogP contribution in [0.4, 0.5) is 0 Å². The lowest BCUT2D eigenvalue weighted by molar-refractivity contribution is 0.0694. The number of aromatic carboxylic acids is 1. The molecule has 0 saturated heterocycles. The molecule has 0 amide bonds. The lowest BCUT2D eigenvalue weighted by atomic mass is 9.98. The summed E-state index contributed by atoms with van der Waals surface area (Å²) in [5.41, 5.74) is 3.59. The van der Waals surface area contributed by atoms with Crippen molar-refractivity contribution < 1.29 is 9.90 Å². The van der Waals surface area contributed by atoms with Crippen LogP contribution in [0.25, 0.3) is 11.3 Å². The highest BCUT2D eigenvalue weighted by molar-refractivity contribution is 9.10. The predicted octanol–water partition coefficient (Wildman–Crippen LogP) is 4.64. The molecular weight excluding hydrogens is 318 g/mol.